The van der Waals surface area contributed by atoms with E-state index >= 15 is 0 Å². The van der Waals surface area contributed by atoms with Gasteiger partial charge in [-0.3, -0.25) is 4.68 Å². The van der Waals surface area contributed by atoms with Gasteiger partial charge in [-0.05, 0) is 44.4 Å². The van der Waals surface area contributed by atoms with Crippen LogP contribution in [0, 0.1) is 5.92 Å². The summed E-state index contributed by atoms with van der Waals surface area (Å²) in [5.74, 6) is 1.86. The van der Waals surface area contributed by atoms with E-state index in [0.717, 1.165) is 86.3 Å². The standard InChI is InChI=1S/C26H38N8O/c1-4-22-26(30-18-5-6-20(35)11-18)32-23-21(13-28-25(27)24(23)31-22)17-12-29-34(15-17)19-7-9-33(10-8-19)14-16(2)3/h12-13,15-16,18-20,35H,4-11,14H2,1-3H3,(H2,27,28)(H,30,32)/t18-,20+/m1/s1. The molecule has 1 aliphatic carbocycles. The van der Waals surface area contributed by atoms with E-state index in [2.05, 4.69) is 46.9 Å². The number of nitrogens with one attached hydrogen (secondary N) is 1. The van der Waals surface area contributed by atoms with Crippen molar-refractivity contribution in [2.75, 3.05) is 30.7 Å². The molecule has 5 rings (SSSR count). The normalized spacial score (nSPS) is 21.9. The molecule has 9 heteroatoms. The van der Waals surface area contributed by atoms with Gasteiger partial charge in [-0.2, -0.15) is 5.10 Å². The number of pyridine rings is 1. The fraction of sp³-hybridized carbons (Fsp3) is 0.615. The molecule has 0 radical (unpaired) electrons. The molecule has 9 nitrogen and oxygen atoms in total. The summed E-state index contributed by atoms with van der Waals surface area (Å²) in [7, 11) is 0. The van der Waals surface area contributed by atoms with Crippen molar-refractivity contribution in [1.82, 2.24) is 29.6 Å². The smallest absolute Gasteiger partial charge is 0.151 e. The third-order valence-electron chi connectivity index (χ3n) is 7.35. The molecule has 3 aromatic heterocycles. The number of nitrogens with zero attached hydrogens (tertiary/aromatic N) is 6. The fourth-order valence-corrected chi connectivity index (χ4v) is 5.51. The van der Waals surface area contributed by atoms with Gasteiger partial charge in [0, 0.05) is 49.2 Å². The summed E-state index contributed by atoms with van der Waals surface area (Å²) in [6, 6.07) is 0.609. The third kappa shape index (κ3) is 5.11. The molecule has 0 amide bonds. The average Bonchev–Trinajstić information content (AvgIpc) is 3.48. The van der Waals surface area contributed by atoms with Crippen LogP contribution in [0.3, 0.4) is 0 Å². The van der Waals surface area contributed by atoms with E-state index in [1.165, 1.54) is 0 Å². The minimum Gasteiger partial charge on any atom is -0.393 e. The van der Waals surface area contributed by atoms with Crippen LogP contribution >= 0.6 is 0 Å². The van der Waals surface area contributed by atoms with Crippen molar-refractivity contribution in [3.8, 4) is 11.1 Å². The first-order valence-electron chi connectivity index (χ1n) is 13.1. The molecule has 0 spiro atoms. The summed E-state index contributed by atoms with van der Waals surface area (Å²) in [6.45, 7) is 10.0. The predicted octanol–water partition coefficient (Wildman–Crippen LogP) is 3.65. The Morgan fingerprint density at radius 2 is 1.91 bits per heavy atom. The second kappa shape index (κ2) is 10.1. The second-order valence-corrected chi connectivity index (χ2v) is 10.6. The SMILES string of the molecule is CCc1nc2c(N)ncc(-c3cnn(C4CCN(CC(C)C)CC4)c3)c2nc1N[C@@H]1CC[C@H](O)C1. The van der Waals surface area contributed by atoms with Crippen LogP contribution in [0.1, 0.15) is 64.6 Å². The van der Waals surface area contributed by atoms with Crippen molar-refractivity contribution in [1.29, 1.82) is 0 Å². The topological polar surface area (TPSA) is 118 Å². The zero-order valence-corrected chi connectivity index (χ0v) is 21.1. The van der Waals surface area contributed by atoms with E-state index in [0.29, 0.717) is 23.3 Å². The maximum absolute atomic E-state index is 9.95. The number of hydrogen-bond acceptors (Lipinski definition) is 8. The first-order valence-corrected chi connectivity index (χ1v) is 13.1. The fourth-order valence-electron chi connectivity index (χ4n) is 5.51. The van der Waals surface area contributed by atoms with E-state index in [-0.39, 0.29) is 12.1 Å². The van der Waals surface area contributed by atoms with Gasteiger partial charge >= 0.3 is 0 Å². The molecule has 1 aliphatic heterocycles. The van der Waals surface area contributed by atoms with Crippen LogP contribution in [-0.2, 0) is 6.42 Å². The Kier molecular flexibility index (Phi) is 6.88. The number of rotatable bonds is 7. The summed E-state index contributed by atoms with van der Waals surface area (Å²) in [5, 5.41) is 18.2. The number of aryl methyl sites for hydroxylation is 1. The van der Waals surface area contributed by atoms with Crippen molar-refractivity contribution >= 4 is 22.7 Å². The zero-order chi connectivity index (χ0) is 24.5. The molecule has 1 saturated heterocycles. The number of likely N-dealkylation sites (tertiary alicyclic amines) is 1. The van der Waals surface area contributed by atoms with E-state index in [1.54, 1.807) is 6.20 Å². The van der Waals surface area contributed by atoms with Crippen LogP contribution in [0.25, 0.3) is 22.2 Å². The van der Waals surface area contributed by atoms with Gasteiger partial charge < -0.3 is 21.1 Å². The summed E-state index contributed by atoms with van der Waals surface area (Å²) < 4.78 is 2.11. The molecular formula is C26H38N8O. The Bertz CT molecular complexity index is 1170. The number of nitrogen functional groups attached to an aromatic ring is 1. The highest BCUT2D eigenvalue weighted by Crippen LogP contribution is 2.33. The van der Waals surface area contributed by atoms with Crippen LogP contribution in [0.4, 0.5) is 11.6 Å². The van der Waals surface area contributed by atoms with Crippen molar-refractivity contribution in [3.05, 3.63) is 24.3 Å². The minimum atomic E-state index is -0.246. The number of anilines is 2. The molecule has 0 aromatic carbocycles. The van der Waals surface area contributed by atoms with E-state index in [4.69, 9.17) is 20.8 Å². The Labute approximate surface area is 207 Å². The lowest BCUT2D eigenvalue weighted by molar-refractivity contribution is 0.164. The van der Waals surface area contributed by atoms with E-state index in [9.17, 15) is 5.11 Å². The lowest BCUT2D eigenvalue weighted by Crippen LogP contribution is -2.36. The van der Waals surface area contributed by atoms with Crippen LogP contribution < -0.4 is 11.1 Å². The van der Waals surface area contributed by atoms with Crippen molar-refractivity contribution in [2.24, 2.45) is 5.92 Å². The molecule has 3 aromatic rings. The summed E-state index contributed by atoms with van der Waals surface area (Å²) >= 11 is 0. The van der Waals surface area contributed by atoms with Gasteiger partial charge in [-0.1, -0.05) is 20.8 Å². The number of aromatic nitrogens is 5. The quantitative estimate of drug-likeness (QED) is 0.471. The number of aliphatic hydroxyl groups excluding tert-OH is 1. The molecule has 2 atom stereocenters. The highest BCUT2D eigenvalue weighted by atomic mass is 16.3. The monoisotopic (exact) mass is 478 g/mol. The van der Waals surface area contributed by atoms with Crippen molar-refractivity contribution in [3.63, 3.8) is 0 Å². The van der Waals surface area contributed by atoms with Gasteiger partial charge in [0.05, 0.1) is 24.0 Å². The largest absolute Gasteiger partial charge is 0.393 e. The Morgan fingerprint density at radius 1 is 1.11 bits per heavy atom. The molecular weight excluding hydrogens is 440 g/mol. The summed E-state index contributed by atoms with van der Waals surface area (Å²) in [6.07, 6.45) is 11.0. The molecule has 4 N–H and O–H groups in total. The first-order chi connectivity index (χ1) is 16.9. The number of fused-ring (bicyclic) bond motifs is 1. The zero-order valence-electron chi connectivity index (χ0n) is 21.1. The average molecular weight is 479 g/mol. The van der Waals surface area contributed by atoms with Gasteiger partial charge in [-0.15, -0.1) is 0 Å². The van der Waals surface area contributed by atoms with Gasteiger partial charge in [0.25, 0.3) is 0 Å². The Hall–Kier alpha value is -2.78. The summed E-state index contributed by atoms with van der Waals surface area (Å²) in [5.41, 5.74) is 10.3. The maximum atomic E-state index is 9.95. The number of hydrogen-bond donors (Lipinski definition) is 3. The Morgan fingerprint density at radius 3 is 2.60 bits per heavy atom. The lowest BCUT2D eigenvalue weighted by Gasteiger charge is -2.33. The second-order valence-electron chi connectivity index (χ2n) is 10.6. The van der Waals surface area contributed by atoms with Gasteiger partial charge in [0.2, 0.25) is 0 Å². The van der Waals surface area contributed by atoms with E-state index in [1.807, 2.05) is 6.20 Å². The van der Waals surface area contributed by atoms with E-state index < -0.39 is 0 Å². The number of aliphatic hydroxyl groups is 1. The maximum Gasteiger partial charge on any atom is 0.151 e. The molecule has 35 heavy (non-hydrogen) atoms. The molecule has 0 bridgehead atoms. The number of piperidine rings is 1. The minimum absolute atomic E-state index is 0.203. The van der Waals surface area contributed by atoms with Crippen LogP contribution in [0.5, 0.6) is 0 Å². The van der Waals surface area contributed by atoms with Gasteiger partial charge in [0.1, 0.15) is 16.9 Å². The molecule has 188 valence electrons. The van der Waals surface area contributed by atoms with Crippen LogP contribution in [-0.4, -0.2) is 66.5 Å². The molecule has 2 fully saturated rings. The molecule has 2 aliphatic rings. The van der Waals surface area contributed by atoms with Crippen molar-refractivity contribution < 1.29 is 5.11 Å². The highest BCUT2D eigenvalue weighted by molar-refractivity contribution is 5.96. The molecule has 1 saturated carbocycles. The van der Waals surface area contributed by atoms with Crippen LogP contribution in [0.15, 0.2) is 18.6 Å². The molecule has 0 unspecified atom stereocenters. The lowest BCUT2D eigenvalue weighted by atomic mass is 10.0. The Balaban J connectivity index is 1.43. The molecule has 4 heterocycles. The van der Waals surface area contributed by atoms with Gasteiger partial charge in [-0.25, -0.2) is 15.0 Å². The van der Waals surface area contributed by atoms with Crippen molar-refractivity contribution in [2.45, 2.75) is 77.5 Å². The number of nitrogens with two attached hydrogens (primary N) is 1. The highest BCUT2D eigenvalue weighted by Gasteiger charge is 2.25. The van der Waals surface area contributed by atoms with Gasteiger partial charge in [0.15, 0.2) is 5.82 Å². The van der Waals surface area contributed by atoms with Crippen LogP contribution in [0.2, 0.25) is 0 Å². The predicted molar refractivity (Wildman–Crippen MR) is 139 cm³/mol. The third-order valence-corrected chi connectivity index (χ3v) is 7.35. The summed E-state index contributed by atoms with van der Waals surface area (Å²) in [4.78, 5) is 16.9. The first kappa shape index (κ1) is 23.9.